The Morgan fingerprint density at radius 1 is 0.875 bits per heavy atom. The third-order valence-corrected chi connectivity index (χ3v) is 2.27. The first kappa shape index (κ1) is 18.0. The van der Waals surface area contributed by atoms with Crippen molar-refractivity contribution in [2.75, 3.05) is 0 Å². The first-order valence-corrected chi connectivity index (χ1v) is 5.82. The van der Waals surface area contributed by atoms with Crippen molar-refractivity contribution in [3.8, 4) is 0 Å². The molecular weight excluding hydrogens is 287 g/mol. The van der Waals surface area contributed by atoms with Crippen molar-refractivity contribution in [1.29, 1.82) is 0 Å². The van der Waals surface area contributed by atoms with Gasteiger partial charge in [0.05, 0.1) is 0 Å². The van der Waals surface area contributed by atoms with Crippen LogP contribution in [0.2, 0.25) is 0 Å². The predicted molar refractivity (Wildman–Crippen MR) is 72.1 cm³/mol. The molecule has 2 aromatic carbocycles. The van der Waals surface area contributed by atoms with Gasteiger partial charge in [-0.05, 0) is 15.8 Å². The third kappa shape index (κ3) is 16.1. The fraction of sp³-hybridized carbons (Fsp3) is 0.214. The molecule has 0 fully saturated rings. The maximum absolute atomic E-state index is 2.57. The third-order valence-electron chi connectivity index (χ3n) is 1.50. The van der Waals surface area contributed by atoms with Crippen LogP contribution in [0.25, 0.3) is 0 Å². The zero-order valence-corrected chi connectivity index (χ0v) is 13.6. The molecule has 0 amide bonds. The summed E-state index contributed by atoms with van der Waals surface area (Å²) in [4.78, 5) is 0. The predicted octanol–water partition coefficient (Wildman–Crippen LogP) is 3.15. The van der Waals surface area contributed by atoms with E-state index in [2.05, 4.69) is 29.4 Å². The normalized spacial score (nSPS) is 7.69. The molecule has 0 aliphatic heterocycles. The second kappa shape index (κ2) is 14.7. The smallest absolute Gasteiger partial charge is 0.214 e. The van der Waals surface area contributed by atoms with Crippen molar-refractivity contribution in [1.82, 2.24) is 0 Å². The van der Waals surface area contributed by atoms with E-state index in [-0.39, 0.29) is 26.2 Å². The Labute approximate surface area is 122 Å². The van der Waals surface area contributed by atoms with Crippen LogP contribution < -0.4 is 0 Å². The fourth-order valence-corrected chi connectivity index (χ4v) is 0.642. The van der Waals surface area contributed by atoms with Crippen molar-refractivity contribution in [2.45, 2.75) is 13.8 Å². The molecule has 0 spiro atoms. The molecule has 0 aromatic heterocycles. The Morgan fingerprint density at radius 2 is 1.12 bits per heavy atom. The van der Waals surface area contributed by atoms with Crippen LogP contribution in [0.15, 0.2) is 60.7 Å². The van der Waals surface area contributed by atoms with Crippen LogP contribution >= 0.6 is 0 Å². The number of hydrogen-bond acceptors (Lipinski definition) is 0. The first-order chi connectivity index (χ1) is 7.27. The van der Waals surface area contributed by atoms with Gasteiger partial charge in [-0.2, -0.15) is 36.4 Å². The van der Waals surface area contributed by atoms with Crippen LogP contribution in [0, 0.1) is 5.92 Å². The maximum Gasteiger partial charge on any atom is 2.00 e. The molecule has 0 atom stereocenters. The summed E-state index contributed by atoms with van der Waals surface area (Å²) in [6.45, 7) is 4.29. The Balaban J connectivity index is 0. The van der Waals surface area contributed by atoms with Crippen LogP contribution in [-0.2, 0) is 26.2 Å². The summed E-state index contributed by atoms with van der Waals surface area (Å²) in [5.41, 5.74) is 2.08. The molecule has 0 unspecified atom stereocenters. The average Bonchev–Trinajstić information content (AvgIpc) is 2.96. The van der Waals surface area contributed by atoms with E-state index in [1.54, 1.807) is 0 Å². The molecule has 0 N–H and O–H groups in total. The van der Waals surface area contributed by atoms with Gasteiger partial charge in [0.25, 0.3) is 0 Å². The molecule has 0 saturated carbocycles. The van der Waals surface area contributed by atoms with Gasteiger partial charge in [0, 0.05) is 0 Å². The van der Waals surface area contributed by atoms with Crippen molar-refractivity contribution < 1.29 is 26.2 Å². The Kier molecular flexibility index (Phi) is 16.5. The number of hydrogen-bond donors (Lipinski definition) is 0. The summed E-state index contributed by atoms with van der Waals surface area (Å²) in [6, 6.07) is 20.0. The van der Waals surface area contributed by atoms with Gasteiger partial charge in [0.2, 0.25) is 0 Å². The monoisotopic (exact) mass is 305 g/mol. The van der Waals surface area contributed by atoms with Crippen molar-refractivity contribution in [2.24, 2.45) is 5.92 Å². The zero-order valence-electron chi connectivity index (χ0n) is 10.0. The second-order valence-corrected chi connectivity index (χ2v) is 3.75. The van der Waals surface area contributed by atoms with E-state index in [9.17, 15) is 0 Å². The molecule has 2 aromatic rings. The topological polar surface area (TPSA) is 0 Å². The SMILES string of the molecule is CC(C)C=[SiH].[Zr+2].c1cc[cH-]c1.c1cc[cH-]c1. The van der Waals surface area contributed by atoms with Crippen LogP contribution in [0.3, 0.4) is 0 Å². The molecule has 0 saturated heterocycles. The van der Waals surface area contributed by atoms with E-state index < -0.39 is 0 Å². The van der Waals surface area contributed by atoms with Gasteiger partial charge in [-0.15, -0.1) is 5.67 Å². The van der Waals surface area contributed by atoms with Gasteiger partial charge in [0.1, 0.15) is 0 Å². The first-order valence-electron chi connectivity index (χ1n) is 5.15. The van der Waals surface area contributed by atoms with Crippen molar-refractivity contribution in [3.63, 3.8) is 0 Å². The van der Waals surface area contributed by atoms with E-state index in [1.165, 1.54) is 0 Å². The molecule has 1 radical (unpaired) electrons. The molecule has 0 heterocycles. The molecule has 0 aliphatic rings. The van der Waals surface area contributed by atoms with Gasteiger partial charge in [-0.3, -0.25) is 0 Å². The van der Waals surface area contributed by atoms with Gasteiger partial charge in [-0.25, -0.2) is 24.3 Å². The molecule has 0 nitrogen and oxygen atoms in total. The van der Waals surface area contributed by atoms with E-state index in [0.717, 1.165) is 5.92 Å². The van der Waals surface area contributed by atoms with E-state index >= 15 is 0 Å². The van der Waals surface area contributed by atoms with Gasteiger partial charge >= 0.3 is 26.2 Å². The average molecular weight is 307 g/mol. The minimum Gasteiger partial charge on any atom is -0.214 e. The fourth-order valence-electron chi connectivity index (χ4n) is 0.642. The largest absolute Gasteiger partial charge is 2.00 e. The molecular formula is C14H19SiZr. The van der Waals surface area contributed by atoms with Crippen LogP contribution in [0.5, 0.6) is 0 Å². The van der Waals surface area contributed by atoms with Crippen molar-refractivity contribution in [3.05, 3.63) is 60.7 Å². The summed E-state index contributed by atoms with van der Waals surface area (Å²) in [5.74, 6) is 0.722. The second-order valence-electron chi connectivity index (χ2n) is 3.36. The van der Waals surface area contributed by atoms with E-state index in [4.69, 9.17) is 0 Å². The summed E-state index contributed by atoms with van der Waals surface area (Å²) in [5, 5.41) is 0. The van der Waals surface area contributed by atoms with E-state index in [0.29, 0.717) is 0 Å². The molecule has 0 aliphatic carbocycles. The molecule has 2 rings (SSSR count). The molecule has 16 heavy (non-hydrogen) atoms. The molecule has 0 bridgehead atoms. The Hall–Kier alpha value is -0.330. The van der Waals surface area contributed by atoms with E-state index in [1.807, 2.05) is 60.7 Å². The van der Waals surface area contributed by atoms with Crippen LogP contribution in [0.1, 0.15) is 13.8 Å². The van der Waals surface area contributed by atoms with Gasteiger partial charge < -0.3 is 0 Å². The maximum atomic E-state index is 2.57. The summed E-state index contributed by atoms with van der Waals surface area (Å²) in [6.07, 6.45) is 0. The Bertz CT molecular complexity index is 222. The number of rotatable bonds is 1. The van der Waals surface area contributed by atoms with Gasteiger partial charge in [0.15, 0.2) is 0 Å². The Morgan fingerprint density at radius 3 is 1.19 bits per heavy atom. The summed E-state index contributed by atoms with van der Waals surface area (Å²) < 4.78 is 0. The van der Waals surface area contributed by atoms with Crippen molar-refractivity contribution >= 4 is 15.5 Å². The minimum absolute atomic E-state index is 0. The zero-order chi connectivity index (χ0) is 11.4. The van der Waals surface area contributed by atoms with Crippen LogP contribution in [-0.4, -0.2) is 15.5 Å². The quantitative estimate of drug-likeness (QED) is 0.561. The molecule has 83 valence electrons. The molecule has 2 heteroatoms. The standard InChI is InChI=1S/2C5H5.C4H9Si.Zr/c2*1-2-4-5-3-1;1-4(2)3-5;/h2*1-5H;3-5H,1-2H3;/q2*-1;;+2. The minimum atomic E-state index is 0. The summed E-state index contributed by atoms with van der Waals surface area (Å²) >= 11 is 0. The summed E-state index contributed by atoms with van der Waals surface area (Å²) in [7, 11) is 2.57. The van der Waals surface area contributed by atoms with Crippen LogP contribution in [0.4, 0.5) is 0 Å². The van der Waals surface area contributed by atoms with Gasteiger partial charge in [-0.1, -0.05) is 13.8 Å².